The maximum absolute atomic E-state index is 13.7. The molecule has 39 heavy (non-hydrogen) atoms. The summed E-state index contributed by atoms with van der Waals surface area (Å²) in [4.78, 5) is 43.3. The SMILES string of the molecule is CC(C)(C)C(NC(=O)[C@@H](CC(=O)NO)CC1CCCC1)C(=O)N1CCN(Cc2ccc3ccccc3c2)CC1. The van der Waals surface area contributed by atoms with Gasteiger partial charge < -0.3 is 10.2 Å². The minimum Gasteiger partial charge on any atom is -0.344 e. The van der Waals surface area contributed by atoms with Crippen molar-refractivity contribution in [2.45, 2.75) is 71.9 Å². The van der Waals surface area contributed by atoms with Crippen LogP contribution in [0, 0.1) is 17.3 Å². The summed E-state index contributed by atoms with van der Waals surface area (Å²) in [5.41, 5.74) is 2.43. The van der Waals surface area contributed by atoms with Gasteiger partial charge in [-0.1, -0.05) is 82.9 Å². The third-order valence-corrected chi connectivity index (χ3v) is 8.32. The van der Waals surface area contributed by atoms with Gasteiger partial charge in [0.2, 0.25) is 17.7 Å². The van der Waals surface area contributed by atoms with Gasteiger partial charge in [-0.15, -0.1) is 0 Å². The van der Waals surface area contributed by atoms with E-state index in [-0.39, 0.29) is 18.2 Å². The molecule has 0 radical (unpaired) electrons. The summed E-state index contributed by atoms with van der Waals surface area (Å²) >= 11 is 0. The van der Waals surface area contributed by atoms with Crippen LogP contribution in [0.5, 0.6) is 0 Å². The van der Waals surface area contributed by atoms with Crippen molar-refractivity contribution in [1.82, 2.24) is 20.6 Å². The number of hydroxylamine groups is 1. The van der Waals surface area contributed by atoms with Gasteiger partial charge in [0.1, 0.15) is 6.04 Å². The fourth-order valence-electron chi connectivity index (χ4n) is 6.01. The molecule has 1 saturated heterocycles. The van der Waals surface area contributed by atoms with Crippen LogP contribution in [0.4, 0.5) is 0 Å². The highest BCUT2D eigenvalue weighted by Gasteiger charge is 2.38. The number of piperazine rings is 1. The zero-order chi connectivity index (χ0) is 28.0. The summed E-state index contributed by atoms with van der Waals surface area (Å²) in [5.74, 6) is -1.11. The topological polar surface area (TPSA) is 102 Å². The van der Waals surface area contributed by atoms with E-state index in [0.717, 1.165) is 45.3 Å². The van der Waals surface area contributed by atoms with Gasteiger partial charge in [0.05, 0.1) is 0 Å². The number of nitrogens with zero attached hydrogens (tertiary/aromatic N) is 2. The van der Waals surface area contributed by atoms with Crippen LogP contribution in [0.15, 0.2) is 42.5 Å². The minimum absolute atomic E-state index is 0.0765. The second-order valence-electron chi connectivity index (χ2n) is 12.4. The van der Waals surface area contributed by atoms with E-state index in [1.807, 2.05) is 31.7 Å². The van der Waals surface area contributed by atoms with Crippen LogP contribution >= 0.6 is 0 Å². The molecule has 2 fully saturated rings. The molecule has 1 heterocycles. The van der Waals surface area contributed by atoms with Crippen LogP contribution in [-0.2, 0) is 20.9 Å². The van der Waals surface area contributed by atoms with Gasteiger partial charge in [-0.05, 0) is 40.2 Å². The molecule has 8 nitrogen and oxygen atoms in total. The van der Waals surface area contributed by atoms with E-state index in [1.165, 1.54) is 16.3 Å². The summed E-state index contributed by atoms with van der Waals surface area (Å²) in [7, 11) is 0. The Morgan fingerprint density at radius 3 is 2.28 bits per heavy atom. The van der Waals surface area contributed by atoms with Gasteiger partial charge in [0.25, 0.3) is 0 Å². The molecule has 0 aromatic heterocycles. The van der Waals surface area contributed by atoms with Crippen LogP contribution in [0.3, 0.4) is 0 Å². The molecule has 0 bridgehead atoms. The molecule has 1 aliphatic carbocycles. The van der Waals surface area contributed by atoms with E-state index in [0.29, 0.717) is 25.4 Å². The molecule has 3 N–H and O–H groups in total. The maximum atomic E-state index is 13.7. The van der Waals surface area contributed by atoms with Crippen molar-refractivity contribution in [3.8, 4) is 0 Å². The normalized spacial score (nSPS) is 18.6. The second-order valence-corrected chi connectivity index (χ2v) is 12.4. The molecule has 1 aliphatic heterocycles. The molecular formula is C31H44N4O4. The van der Waals surface area contributed by atoms with Crippen LogP contribution in [0.25, 0.3) is 10.8 Å². The minimum atomic E-state index is -0.694. The van der Waals surface area contributed by atoms with Crippen molar-refractivity contribution in [2.75, 3.05) is 26.2 Å². The molecule has 1 saturated carbocycles. The molecule has 8 heteroatoms. The Labute approximate surface area is 232 Å². The number of benzene rings is 2. The quantitative estimate of drug-likeness (QED) is 0.331. The molecule has 0 spiro atoms. The van der Waals surface area contributed by atoms with Crippen LogP contribution < -0.4 is 10.8 Å². The van der Waals surface area contributed by atoms with Gasteiger partial charge in [-0.25, -0.2) is 5.48 Å². The lowest BCUT2D eigenvalue weighted by molar-refractivity contribution is -0.142. The Hall–Kier alpha value is -2.97. The fraction of sp³-hybridized carbons (Fsp3) is 0.581. The Balaban J connectivity index is 1.37. The zero-order valence-corrected chi connectivity index (χ0v) is 23.6. The first-order chi connectivity index (χ1) is 18.6. The highest BCUT2D eigenvalue weighted by molar-refractivity contribution is 5.91. The second kappa shape index (κ2) is 12.9. The van der Waals surface area contributed by atoms with E-state index < -0.39 is 23.3 Å². The van der Waals surface area contributed by atoms with Gasteiger partial charge in [0.15, 0.2) is 0 Å². The Kier molecular flexibility index (Phi) is 9.62. The molecule has 1 unspecified atom stereocenters. The van der Waals surface area contributed by atoms with Crippen molar-refractivity contribution in [2.24, 2.45) is 17.3 Å². The van der Waals surface area contributed by atoms with Gasteiger partial charge >= 0.3 is 0 Å². The molecule has 2 aromatic rings. The van der Waals surface area contributed by atoms with Crippen molar-refractivity contribution < 1.29 is 19.6 Å². The number of carbonyl (C=O) groups excluding carboxylic acids is 3. The number of carbonyl (C=O) groups is 3. The first kappa shape index (κ1) is 29.0. The van der Waals surface area contributed by atoms with Crippen LogP contribution in [0.2, 0.25) is 0 Å². The third kappa shape index (κ3) is 7.79. The van der Waals surface area contributed by atoms with Crippen LogP contribution in [0.1, 0.15) is 64.9 Å². The Bertz CT molecular complexity index is 1150. The Morgan fingerprint density at radius 1 is 0.974 bits per heavy atom. The molecule has 4 rings (SSSR count). The van der Waals surface area contributed by atoms with E-state index in [2.05, 4.69) is 46.6 Å². The number of nitrogens with one attached hydrogen (secondary N) is 2. The Morgan fingerprint density at radius 2 is 1.64 bits per heavy atom. The van der Waals surface area contributed by atoms with Crippen molar-refractivity contribution in [1.29, 1.82) is 0 Å². The summed E-state index contributed by atoms with van der Waals surface area (Å²) < 4.78 is 0. The smallest absolute Gasteiger partial charge is 0.245 e. The molecule has 2 aliphatic rings. The average Bonchev–Trinajstić information content (AvgIpc) is 3.43. The lowest BCUT2D eigenvalue weighted by Crippen LogP contribution is -2.59. The molecular weight excluding hydrogens is 492 g/mol. The number of hydrogen-bond acceptors (Lipinski definition) is 5. The monoisotopic (exact) mass is 536 g/mol. The first-order valence-electron chi connectivity index (χ1n) is 14.4. The van der Waals surface area contributed by atoms with E-state index in [9.17, 15) is 14.4 Å². The average molecular weight is 537 g/mol. The van der Waals surface area contributed by atoms with Crippen LogP contribution in [-0.4, -0.2) is 64.9 Å². The lowest BCUT2D eigenvalue weighted by Gasteiger charge is -2.40. The van der Waals surface area contributed by atoms with Gasteiger partial charge in [-0.2, -0.15) is 0 Å². The maximum Gasteiger partial charge on any atom is 0.245 e. The molecule has 212 valence electrons. The number of hydrogen-bond donors (Lipinski definition) is 3. The largest absolute Gasteiger partial charge is 0.344 e. The summed E-state index contributed by atoms with van der Waals surface area (Å²) in [6, 6.07) is 14.2. The third-order valence-electron chi connectivity index (χ3n) is 8.32. The number of fused-ring (bicyclic) bond motifs is 1. The van der Waals surface area contributed by atoms with E-state index in [4.69, 9.17) is 5.21 Å². The number of rotatable bonds is 9. The number of amides is 3. The highest BCUT2D eigenvalue weighted by atomic mass is 16.5. The first-order valence-corrected chi connectivity index (χ1v) is 14.4. The summed E-state index contributed by atoms with van der Waals surface area (Å²) in [6.07, 6.45) is 4.89. The standard InChI is InChI=1S/C31H44N4O4/c1-31(2,3)28(32-29(37)26(20-27(36)33-39)18-22-8-4-5-9-22)30(38)35-16-14-34(15-17-35)21-23-12-13-24-10-6-7-11-25(24)19-23/h6-7,10-13,19,22,26,28,39H,4-5,8-9,14-18,20-21H2,1-3H3,(H,32,37)(H,33,36)/t26-,28?/m1/s1. The predicted octanol–water partition coefficient (Wildman–Crippen LogP) is 4.11. The highest BCUT2D eigenvalue weighted by Crippen LogP contribution is 2.32. The molecule has 3 amide bonds. The summed E-state index contributed by atoms with van der Waals surface area (Å²) in [5, 5.41) is 14.5. The predicted molar refractivity (Wildman–Crippen MR) is 152 cm³/mol. The van der Waals surface area contributed by atoms with Crippen molar-refractivity contribution in [3.05, 3.63) is 48.0 Å². The lowest BCUT2D eigenvalue weighted by atomic mass is 9.84. The summed E-state index contributed by atoms with van der Waals surface area (Å²) in [6.45, 7) is 9.45. The molecule has 2 aromatic carbocycles. The van der Waals surface area contributed by atoms with Crippen molar-refractivity contribution in [3.63, 3.8) is 0 Å². The van der Waals surface area contributed by atoms with E-state index in [1.54, 1.807) is 5.48 Å². The van der Waals surface area contributed by atoms with E-state index >= 15 is 0 Å². The van der Waals surface area contributed by atoms with Gasteiger partial charge in [0, 0.05) is 45.1 Å². The molecule has 2 atom stereocenters. The van der Waals surface area contributed by atoms with Crippen molar-refractivity contribution >= 4 is 28.5 Å². The fourth-order valence-corrected chi connectivity index (χ4v) is 6.01. The zero-order valence-electron chi connectivity index (χ0n) is 23.6. The van der Waals surface area contributed by atoms with Gasteiger partial charge in [-0.3, -0.25) is 24.5 Å².